The Labute approximate surface area is 181 Å². The lowest BCUT2D eigenvalue weighted by atomic mass is 9.98. The molecule has 3 heterocycles. The lowest BCUT2D eigenvalue weighted by molar-refractivity contribution is 0.0698. The zero-order valence-corrected chi connectivity index (χ0v) is 18.3. The molecule has 0 radical (unpaired) electrons. The summed E-state index contributed by atoms with van der Waals surface area (Å²) >= 11 is 0. The molecule has 9 heteroatoms. The molecule has 3 N–H and O–H groups in total. The highest BCUT2D eigenvalue weighted by molar-refractivity contribution is 7.89. The van der Waals surface area contributed by atoms with Crippen molar-refractivity contribution >= 4 is 38.3 Å². The number of likely N-dealkylation sites (tertiary alicyclic amines) is 1. The van der Waals surface area contributed by atoms with Crippen LogP contribution in [0.5, 0.6) is 0 Å². The lowest BCUT2D eigenvalue weighted by Crippen LogP contribution is -2.38. The van der Waals surface area contributed by atoms with E-state index < -0.39 is 10.0 Å². The van der Waals surface area contributed by atoms with Crippen LogP contribution in [0.1, 0.15) is 35.8 Å². The SMILES string of the molecule is Cc1ccc2c(Nc3ccc(S(N)(=O)=O)cc3)c(C(=O)N3CCC(C)CC3)cnc2n1. The van der Waals surface area contributed by atoms with Crippen LogP contribution >= 0.6 is 0 Å². The minimum absolute atomic E-state index is 0.0219. The molecule has 1 amide bonds. The zero-order chi connectivity index (χ0) is 22.2. The Bertz CT molecular complexity index is 1230. The van der Waals surface area contributed by atoms with E-state index in [0.29, 0.717) is 41.6 Å². The van der Waals surface area contributed by atoms with Gasteiger partial charge in [-0.25, -0.2) is 23.5 Å². The monoisotopic (exact) mass is 439 g/mol. The first-order chi connectivity index (χ1) is 14.7. The van der Waals surface area contributed by atoms with Crippen molar-refractivity contribution in [3.8, 4) is 0 Å². The van der Waals surface area contributed by atoms with Crippen molar-refractivity contribution in [1.29, 1.82) is 0 Å². The minimum Gasteiger partial charge on any atom is -0.354 e. The van der Waals surface area contributed by atoms with Crippen molar-refractivity contribution in [2.75, 3.05) is 18.4 Å². The second kappa shape index (κ2) is 8.24. The van der Waals surface area contributed by atoms with Gasteiger partial charge in [0, 0.05) is 36.1 Å². The Hall–Kier alpha value is -3.04. The summed E-state index contributed by atoms with van der Waals surface area (Å²) in [5, 5.41) is 9.19. The van der Waals surface area contributed by atoms with E-state index in [0.717, 1.165) is 23.9 Å². The van der Waals surface area contributed by atoms with E-state index >= 15 is 0 Å². The molecule has 1 saturated heterocycles. The van der Waals surface area contributed by atoms with Gasteiger partial charge >= 0.3 is 0 Å². The summed E-state index contributed by atoms with van der Waals surface area (Å²) < 4.78 is 23.1. The standard InChI is InChI=1S/C22H25N5O3S/c1-14-9-11-27(12-10-14)22(28)19-13-24-21-18(8-3-15(2)25-21)20(19)26-16-4-6-17(7-5-16)31(23,29)30/h3-8,13-14H,9-12H2,1-2H3,(H2,23,29,30)(H,24,25,26). The molecule has 8 nitrogen and oxygen atoms in total. The Balaban J connectivity index is 1.75. The number of carbonyl (C=O) groups is 1. The van der Waals surface area contributed by atoms with E-state index in [2.05, 4.69) is 22.2 Å². The number of rotatable bonds is 4. The van der Waals surface area contributed by atoms with Crippen LogP contribution < -0.4 is 10.5 Å². The third-order valence-corrected chi connectivity index (χ3v) is 6.55. The van der Waals surface area contributed by atoms with Crippen molar-refractivity contribution in [2.45, 2.75) is 31.6 Å². The largest absolute Gasteiger partial charge is 0.354 e. The second-order valence-corrected chi connectivity index (χ2v) is 9.60. The number of nitrogens with zero attached hydrogens (tertiary/aromatic N) is 3. The normalized spacial score (nSPS) is 15.3. The maximum Gasteiger partial charge on any atom is 0.257 e. The highest BCUT2D eigenvalue weighted by Gasteiger charge is 2.25. The predicted octanol–water partition coefficient (Wildman–Crippen LogP) is 3.20. The van der Waals surface area contributed by atoms with Crippen LogP contribution in [0.3, 0.4) is 0 Å². The topological polar surface area (TPSA) is 118 Å². The highest BCUT2D eigenvalue weighted by Crippen LogP contribution is 2.31. The van der Waals surface area contributed by atoms with Crippen molar-refractivity contribution in [3.63, 3.8) is 0 Å². The smallest absolute Gasteiger partial charge is 0.257 e. The average molecular weight is 440 g/mol. The third kappa shape index (κ3) is 4.52. The summed E-state index contributed by atoms with van der Waals surface area (Å²) in [6.07, 6.45) is 3.52. The number of pyridine rings is 2. The molecule has 1 fully saturated rings. The van der Waals surface area contributed by atoms with Gasteiger partial charge in [0.15, 0.2) is 5.65 Å². The van der Waals surface area contributed by atoms with Crippen molar-refractivity contribution < 1.29 is 13.2 Å². The highest BCUT2D eigenvalue weighted by atomic mass is 32.2. The summed E-state index contributed by atoms with van der Waals surface area (Å²) in [6.45, 7) is 5.51. The van der Waals surface area contributed by atoms with Crippen molar-refractivity contribution in [3.05, 3.63) is 53.9 Å². The molecule has 1 aliphatic heterocycles. The van der Waals surface area contributed by atoms with E-state index in [-0.39, 0.29) is 10.8 Å². The first-order valence-electron chi connectivity index (χ1n) is 10.2. The number of nitrogens with two attached hydrogens (primary N) is 1. The van der Waals surface area contributed by atoms with E-state index in [9.17, 15) is 13.2 Å². The third-order valence-electron chi connectivity index (χ3n) is 5.62. The molecular weight excluding hydrogens is 414 g/mol. The Kier molecular flexibility index (Phi) is 5.63. The number of sulfonamides is 1. The number of primary sulfonamides is 1. The van der Waals surface area contributed by atoms with Gasteiger partial charge in [-0.15, -0.1) is 0 Å². The second-order valence-electron chi connectivity index (χ2n) is 8.04. The van der Waals surface area contributed by atoms with Gasteiger partial charge in [-0.2, -0.15) is 0 Å². The van der Waals surface area contributed by atoms with Crippen LogP contribution in [0, 0.1) is 12.8 Å². The summed E-state index contributed by atoms with van der Waals surface area (Å²) in [6, 6.07) is 9.85. The molecule has 0 spiro atoms. The first kappa shape index (κ1) is 21.2. The van der Waals surface area contributed by atoms with Crippen LogP contribution in [0.25, 0.3) is 11.0 Å². The molecule has 0 atom stereocenters. The maximum absolute atomic E-state index is 13.3. The molecular formula is C22H25N5O3S. The van der Waals surface area contributed by atoms with Crippen molar-refractivity contribution in [1.82, 2.24) is 14.9 Å². The lowest BCUT2D eigenvalue weighted by Gasteiger charge is -2.31. The Morgan fingerprint density at radius 1 is 1.13 bits per heavy atom. The number of aryl methyl sites for hydroxylation is 1. The number of hydrogen-bond acceptors (Lipinski definition) is 6. The number of anilines is 2. The molecule has 0 aliphatic carbocycles. The molecule has 4 rings (SSSR count). The fraction of sp³-hybridized carbons (Fsp3) is 0.318. The molecule has 2 aromatic heterocycles. The Morgan fingerprint density at radius 3 is 2.45 bits per heavy atom. The van der Waals surface area contributed by atoms with E-state index in [4.69, 9.17) is 5.14 Å². The van der Waals surface area contributed by atoms with Gasteiger partial charge in [0.05, 0.1) is 16.1 Å². The maximum atomic E-state index is 13.3. The summed E-state index contributed by atoms with van der Waals surface area (Å²) in [5.74, 6) is 0.534. The summed E-state index contributed by atoms with van der Waals surface area (Å²) in [5.41, 5.74) is 3.05. The van der Waals surface area contributed by atoms with Gasteiger partial charge in [-0.3, -0.25) is 4.79 Å². The van der Waals surface area contributed by atoms with E-state index in [1.807, 2.05) is 24.0 Å². The number of benzene rings is 1. The van der Waals surface area contributed by atoms with Gasteiger partial charge in [-0.1, -0.05) is 6.92 Å². The molecule has 162 valence electrons. The van der Waals surface area contributed by atoms with Crippen LogP contribution in [-0.2, 0) is 10.0 Å². The van der Waals surface area contributed by atoms with E-state index in [1.165, 1.54) is 12.1 Å². The van der Waals surface area contributed by atoms with Gasteiger partial charge < -0.3 is 10.2 Å². The number of fused-ring (bicyclic) bond motifs is 1. The van der Waals surface area contributed by atoms with Crippen LogP contribution in [-0.4, -0.2) is 42.3 Å². The van der Waals surface area contributed by atoms with Gasteiger partial charge in [0.2, 0.25) is 10.0 Å². The minimum atomic E-state index is -3.78. The first-order valence-corrected chi connectivity index (χ1v) is 11.7. The number of aromatic nitrogens is 2. The van der Waals surface area contributed by atoms with E-state index in [1.54, 1.807) is 18.3 Å². The predicted molar refractivity (Wildman–Crippen MR) is 120 cm³/mol. The quantitative estimate of drug-likeness (QED) is 0.644. The van der Waals surface area contributed by atoms with Gasteiger partial charge in [-0.05, 0) is 62.1 Å². The van der Waals surface area contributed by atoms with Crippen LogP contribution in [0.2, 0.25) is 0 Å². The number of carbonyl (C=O) groups excluding carboxylic acids is 1. The molecule has 3 aromatic rings. The fourth-order valence-electron chi connectivity index (χ4n) is 3.72. The number of nitrogens with one attached hydrogen (secondary N) is 1. The zero-order valence-electron chi connectivity index (χ0n) is 17.5. The molecule has 1 aromatic carbocycles. The number of piperidine rings is 1. The summed E-state index contributed by atoms with van der Waals surface area (Å²) in [4.78, 5) is 24.1. The summed E-state index contributed by atoms with van der Waals surface area (Å²) in [7, 11) is -3.78. The molecule has 0 unspecified atom stereocenters. The molecule has 0 bridgehead atoms. The van der Waals surface area contributed by atoms with Gasteiger partial charge in [0.25, 0.3) is 5.91 Å². The number of hydrogen-bond donors (Lipinski definition) is 2. The number of amides is 1. The molecule has 31 heavy (non-hydrogen) atoms. The van der Waals surface area contributed by atoms with Crippen molar-refractivity contribution in [2.24, 2.45) is 11.1 Å². The van der Waals surface area contributed by atoms with Crippen LogP contribution in [0.15, 0.2) is 47.5 Å². The van der Waals surface area contributed by atoms with Gasteiger partial charge in [0.1, 0.15) is 0 Å². The molecule has 1 aliphatic rings. The fourth-order valence-corrected chi connectivity index (χ4v) is 4.24. The van der Waals surface area contributed by atoms with Crippen LogP contribution in [0.4, 0.5) is 11.4 Å². The average Bonchev–Trinajstić information content (AvgIpc) is 2.73. The Morgan fingerprint density at radius 2 is 1.81 bits per heavy atom. The molecule has 0 saturated carbocycles.